The van der Waals surface area contributed by atoms with Gasteiger partial charge in [-0.3, -0.25) is 9.89 Å². The Bertz CT molecular complexity index is 360. The second-order valence-electron chi connectivity index (χ2n) is 3.95. The third-order valence-electron chi connectivity index (χ3n) is 2.87. The maximum Gasteiger partial charge on any atom is 0.293 e. The molecule has 15 heavy (non-hydrogen) atoms. The van der Waals surface area contributed by atoms with Crippen LogP contribution >= 0.6 is 0 Å². The lowest BCUT2D eigenvalue weighted by atomic mass is 10.2. The van der Waals surface area contributed by atoms with Crippen molar-refractivity contribution in [3.63, 3.8) is 0 Å². The first-order valence-electron chi connectivity index (χ1n) is 5.44. The third kappa shape index (κ3) is 1.86. The van der Waals surface area contributed by atoms with E-state index in [0.29, 0.717) is 11.9 Å². The molecular formula is C10H16N4O. The molecule has 1 unspecified atom stereocenters. The number of amides is 1. The topological polar surface area (TPSA) is 61.9 Å². The van der Waals surface area contributed by atoms with E-state index in [1.165, 1.54) is 0 Å². The first-order valence-corrected chi connectivity index (χ1v) is 5.44. The Hall–Kier alpha value is -1.39. The molecule has 1 aliphatic heterocycles. The summed E-state index contributed by atoms with van der Waals surface area (Å²) < 4.78 is 0. The highest BCUT2D eigenvalue weighted by Gasteiger charge is 2.28. The Kier molecular flexibility index (Phi) is 2.70. The van der Waals surface area contributed by atoms with Crippen LogP contribution in [-0.4, -0.2) is 38.6 Å². The third-order valence-corrected chi connectivity index (χ3v) is 2.87. The van der Waals surface area contributed by atoms with Gasteiger partial charge >= 0.3 is 0 Å². The van der Waals surface area contributed by atoms with Crippen LogP contribution in [0.1, 0.15) is 43.1 Å². The lowest BCUT2D eigenvalue weighted by Gasteiger charge is -2.19. The summed E-state index contributed by atoms with van der Waals surface area (Å²) in [6.45, 7) is 4.88. The number of nitrogens with zero attached hydrogens (tertiary/aromatic N) is 3. The van der Waals surface area contributed by atoms with E-state index in [9.17, 15) is 4.79 Å². The van der Waals surface area contributed by atoms with Gasteiger partial charge in [0.25, 0.3) is 5.91 Å². The average molecular weight is 208 g/mol. The van der Waals surface area contributed by atoms with Gasteiger partial charge in [-0.05, 0) is 19.8 Å². The Labute approximate surface area is 88.9 Å². The van der Waals surface area contributed by atoms with Crippen molar-refractivity contribution >= 4 is 5.91 Å². The molecule has 1 N–H and O–H groups in total. The standard InChI is InChI=1S/C10H16N4O/c1-3-8-11-9(13-12-8)10(15)14-6-4-5-7(14)2/h7H,3-6H2,1-2H3,(H,11,12,13). The molecule has 1 amide bonds. The molecule has 0 spiro atoms. The zero-order valence-corrected chi connectivity index (χ0v) is 9.16. The normalized spacial score (nSPS) is 20.9. The van der Waals surface area contributed by atoms with Gasteiger partial charge < -0.3 is 4.90 Å². The molecule has 82 valence electrons. The second-order valence-corrected chi connectivity index (χ2v) is 3.95. The highest BCUT2D eigenvalue weighted by Crippen LogP contribution is 2.18. The van der Waals surface area contributed by atoms with E-state index < -0.39 is 0 Å². The summed E-state index contributed by atoms with van der Waals surface area (Å²) in [6.07, 6.45) is 2.94. The fourth-order valence-electron chi connectivity index (χ4n) is 1.91. The number of H-pyrrole nitrogens is 1. The SMILES string of the molecule is CCc1nc(C(=O)N2CCCC2C)n[nH]1. The van der Waals surface area contributed by atoms with Crippen molar-refractivity contribution < 1.29 is 4.79 Å². The van der Waals surface area contributed by atoms with Crippen molar-refractivity contribution in [1.29, 1.82) is 0 Å². The van der Waals surface area contributed by atoms with Gasteiger partial charge in [0.15, 0.2) is 0 Å². The number of carbonyl (C=O) groups excluding carboxylic acids is 1. The average Bonchev–Trinajstić information content (AvgIpc) is 2.84. The largest absolute Gasteiger partial charge is 0.333 e. The molecule has 1 aromatic rings. The molecule has 1 aliphatic rings. The van der Waals surface area contributed by atoms with Crippen LogP contribution in [0.25, 0.3) is 0 Å². The van der Waals surface area contributed by atoms with Crippen molar-refractivity contribution in [3.05, 3.63) is 11.6 Å². The molecule has 5 nitrogen and oxygen atoms in total. The van der Waals surface area contributed by atoms with E-state index in [4.69, 9.17) is 0 Å². The van der Waals surface area contributed by atoms with Crippen molar-refractivity contribution in [3.8, 4) is 0 Å². The summed E-state index contributed by atoms with van der Waals surface area (Å²) in [4.78, 5) is 18.0. The molecule has 5 heteroatoms. The predicted octanol–water partition coefficient (Wildman–Crippen LogP) is 0.992. The van der Waals surface area contributed by atoms with Gasteiger partial charge in [0, 0.05) is 19.0 Å². The molecule has 1 saturated heterocycles. The Morgan fingerprint density at radius 2 is 2.47 bits per heavy atom. The number of aryl methyl sites for hydroxylation is 1. The van der Waals surface area contributed by atoms with E-state index in [1.807, 2.05) is 11.8 Å². The van der Waals surface area contributed by atoms with E-state index in [1.54, 1.807) is 0 Å². The second kappa shape index (κ2) is 4.00. The fourth-order valence-corrected chi connectivity index (χ4v) is 1.91. The summed E-state index contributed by atoms with van der Waals surface area (Å²) in [5.74, 6) is 1.03. The highest BCUT2D eigenvalue weighted by molar-refractivity contribution is 5.90. The van der Waals surface area contributed by atoms with Crippen LogP contribution in [0.5, 0.6) is 0 Å². The van der Waals surface area contributed by atoms with Crippen molar-refractivity contribution in [2.24, 2.45) is 0 Å². The molecule has 0 saturated carbocycles. The number of hydrogen-bond acceptors (Lipinski definition) is 3. The number of likely N-dealkylation sites (tertiary alicyclic amines) is 1. The van der Waals surface area contributed by atoms with Crippen LogP contribution in [0.15, 0.2) is 0 Å². The zero-order valence-electron chi connectivity index (χ0n) is 9.16. The summed E-state index contributed by atoms with van der Waals surface area (Å²) in [7, 11) is 0. The summed E-state index contributed by atoms with van der Waals surface area (Å²) in [5, 5.41) is 6.70. The lowest BCUT2D eigenvalue weighted by molar-refractivity contribution is 0.0735. The van der Waals surface area contributed by atoms with Gasteiger partial charge in [-0.25, -0.2) is 4.98 Å². The Morgan fingerprint density at radius 3 is 3.00 bits per heavy atom. The van der Waals surface area contributed by atoms with Crippen LogP contribution in [0.2, 0.25) is 0 Å². The number of aromatic amines is 1. The molecular weight excluding hydrogens is 192 g/mol. The van der Waals surface area contributed by atoms with E-state index >= 15 is 0 Å². The summed E-state index contributed by atoms with van der Waals surface area (Å²) in [5.41, 5.74) is 0. The zero-order chi connectivity index (χ0) is 10.8. The quantitative estimate of drug-likeness (QED) is 0.788. The number of rotatable bonds is 2. The van der Waals surface area contributed by atoms with Gasteiger partial charge in [-0.15, -0.1) is 5.10 Å². The first-order chi connectivity index (χ1) is 7.22. The van der Waals surface area contributed by atoms with E-state index in [2.05, 4.69) is 22.1 Å². The monoisotopic (exact) mass is 208 g/mol. The van der Waals surface area contributed by atoms with Gasteiger partial charge in [-0.1, -0.05) is 6.92 Å². The first kappa shape index (κ1) is 10.1. The van der Waals surface area contributed by atoms with Crippen LogP contribution < -0.4 is 0 Å². The molecule has 1 aromatic heterocycles. The highest BCUT2D eigenvalue weighted by atomic mass is 16.2. The minimum Gasteiger partial charge on any atom is -0.333 e. The predicted molar refractivity (Wildman–Crippen MR) is 55.5 cm³/mol. The minimum absolute atomic E-state index is 0.0454. The van der Waals surface area contributed by atoms with Gasteiger partial charge in [0.1, 0.15) is 5.82 Å². The molecule has 2 rings (SSSR count). The maximum atomic E-state index is 12.0. The smallest absolute Gasteiger partial charge is 0.293 e. The number of aromatic nitrogens is 3. The van der Waals surface area contributed by atoms with Crippen LogP contribution in [0.4, 0.5) is 0 Å². The molecule has 1 fully saturated rings. The molecule has 2 heterocycles. The van der Waals surface area contributed by atoms with Crippen LogP contribution in [0.3, 0.4) is 0 Å². The van der Waals surface area contributed by atoms with Gasteiger partial charge in [0.2, 0.25) is 5.82 Å². The molecule has 0 radical (unpaired) electrons. The van der Waals surface area contributed by atoms with E-state index in [-0.39, 0.29) is 5.91 Å². The van der Waals surface area contributed by atoms with E-state index in [0.717, 1.165) is 31.6 Å². The maximum absolute atomic E-state index is 12.0. The van der Waals surface area contributed by atoms with Gasteiger partial charge in [0.05, 0.1) is 0 Å². The Morgan fingerprint density at radius 1 is 1.67 bits per heavy atom. The molecule has 0 aliphatic carbocycles. The van der Waals surface area contributed by atoms with Crippen molar-refractivity contribution in [1.82, 2.24) is 20.1 Å². The molecule has 0 aromatic carbocycles. The van der Waals surface area contributed by atoms with Crippen molar-refractivity contribution in [2.45, 2.75) is 39.2 Å². The summed E-state index contributed by atoms with van der Waals surface area (Å²) in [6, 6.07) is 0.320. The van der Waals surface area contributed by atoms with Gasteiger partial charge in [-0.2, -0.15) is 0 Å². The lowest BCUT2D eigenvalue weighted by Crippen LogP contribution is -2.34. The fraction of sp³-hybridized carbons (Fsp3) is 0.700. The minimum atomic E-state index is -0.0454. The number of hydrogen-bond donors (Lipinski definition) is 1. The number of nitrogens with one attached hydrogen (secondary N) is 1. The molecule has 1 atom stereocenters. The Balaban J connectivity index is 2.13. The van der Waals surface area contributed by atoms with Crippen molar-refractivity contribution in [2.75, 3.05) is 6.54 Å². The van der Waals surface area contributed by atoms with Crippen LogP contribution in [0, 0.1) is 0 Å². The summed E-state index contributed by atoms with van der Waals surface area (Å²) >= 11 is 0. The van der Waals surface area contributed by atoms with Crippen LogP contribution in [-0.2, 0) is 6.42 Å². The molecule has 0 bridgehead atoms. The number of carbonyl (C=O) groups is 1.